The molecule has 0 aliphatic carbocycles. The Balaban J connectivity index is 1.50. The molecule has 200 valence electrons. The van der Waals surface area contributed by atoms with Crippen LogP contribution in [-0.4, -0.2) is 81.9 Å². The highest BCUT2D eigenvalue weighted by molar-refractivity contribution is 6.30. The highest BCUT2D eigenvalue weighted by atomic mass is 35.5. The van der Waals surface area contributed by atoms with Gasteiger partial charge in [0.2, 0.25) is 0 Å². The van der Waals surface area contributed by atoms with Crippen molar-refractivity contribution < 1.29 is 28.5 Å². The molecule has 1 amide bonds. The summed E-state index contributed by atoms with van der Waals surface area (Å²) in [4.78, 5) is 18.8. The molecular weight excluding hydrogens is 517 g/mol. The normalized spacial score (nSPS) is 27.6. The number of aromatic nitrogens is 3. The van der Waals surface area contributed by atoms with Crippen LogP contribution in [0, 0.1) is 5.82 Å². The number of ether oxygens (including phenoxy) is 3. The first-order chi connectivity index (χ1) is 18.2. The first-order valence-electron chi connectivity index (χ1n) is 12.0. The van der Waals surface area contributed by atoms with Crippen molar-refractivity contribution in [2.75, 3.05) is 20.7 Å². The summed E-state index contributed by atoms with van der Waals surface area (Å²) in [6.45, 7) is 1.79. The second-order valence-corrected chi connectivity index (χ2v) is 9.76. The Morgan fingerprint density at radius 1 is 1.21 bits per heavy atom. The minimum Gasteiger partial charge on any atom is -0.387 e. The number of hydrogen-bond acceptors (Lipinski definition) is 7. The second-order valence-electron chi connectivity index (χ2n) is 9.36. The van der Waals surface area contributed by atoms with Crippen molar-refractivity contribution in [2.24, 2.45) is 4.99 Å². The van der Waals surface area contributed by atoms with Gasteiger partial charge in [0, 0.05) is 25.2 Å². The third-order valence-electron chi connectivity index (χ3n) is 6.64. The van der Waals surface area contributed by atoms with E-state index in [1.807, 2.05) is 30.3 Å². The van der Waals surface area contributed by atoms with Crippen LogP contribution in [0.3, 0.4) is 0 Å². The highest BCUT2D eigenvalue weighted by Gasteiger charge is 2.53. The van der Waals surface area contributed by atoms with Gasteiger partial charge in [-0.05, 0) is 19.1 Å². The molecule has 12 heteroatoms. The molecule has 2 aromatic carbocycles. The topological polar surface area (TPSA) is 111 Å². The zero-order valence-corrected chi connectivity index (χ0v) is 21.7. The molecule has 1 unspecified atom stereocenters. The van der Waals surface area contributed by atoms with Gasteiger partial charge >= 0.3 is 0 Å². The number of hydrogen-bond donors (Lipinski definition) is 1. The molecule has 1 aromatic heterocycles. The van der Waals surface area contributed by atoms with Gasteiger partial charge in [-0.25, -0.2) is 9.07 Å². The molecule has 6 atom stereocenters. The van der Waals surface area contributed by atoms with Crippen molar-refractivity contribution in [3.05, 3.63) is 71.1 Å². The van der Waals surface area contributed by atoms with Gasteiger partial charge in [-0.15, -0.1) is 5.10 Å². The molecule has 2 fully saturated rings. The third-order valence-corrected chi connectivity index (χ3v) is 6.95. The summed E-state index contributed by atoms with van der Waals surface area (Å²) in [6, 6.07) is 12.8. The maximum atomic E-state index is 14.1. The largest absolute Gasteiger partial charge is 0.387 e. The predicted molar refractivity (Wildman–Crippen MR) is 136 cm³/mol. The van der Waals surface area contributed by atoms with E-state index in [9.17, 15) is 14.3 Å². The molecule has 10 nitrogen and oxygen atoms in total. The first kappa shape index (κ1) is 26.4. The van der Waals surface area contributed by atoms with Crippen molar-refractivity contribution in [3.63, 3.8) is 0 Å². The van der Waals surface area contributed by atoms with E-state index in [0.717, 1.165) is 5.56 Å². The fourth-order valence-corrected chi connectivity index (χ4v) is 4.55. The summed E-state index contributed by atoms with van der Waals surface area (Å²) in [6.07, 6.45) is -3.28. The van der Waals surface area contributed by atoms with Crippen molar-refractivity contribution >= 4 is 23.3 Å². The van der Waals surface area contributed by atoms with E-state index in [2.05, 4.69) is 15.3 Å². The zero-order chi connectivity index (χ0) is 27.0. The fraction of sp³-hybridized carbons (Fsp3) is 0.385. The smallest absolute Gasteiger partial charge is 0.279 e. The lowest BCUT2D eigenvalue weighted by atomic mass is 9.91. The van der Waals surface area contributed by atoms with Gasteiger partial charge in [0.05, 0.1) is 17.8 Å². The number of carbonyl (C=O) groups excluding carboxylic acids is 1. The maximum Gasteiger partial charge on any atom is 0.279 e. The van der Waals surface area contributed by atoms with Gasteiger partial charge in [-0.3, -0.25) is 4.79 Å². The Kier molecular flexibility index (Phi) is 7.55. The van der Waals surface area contributed by atoms with Crippen LogP contribution in [0.25, 0.3) is 11.3 Å². The number of aliphatic hydroxyl groups is 1. The Hall–Kier alpha value is -3.22. The summed E-state index contributed by atoms with van der Waals surface area (Å²) < 4.78 is 33.7. The number of halogens is 2. The molecule has 0 spiro atoms. The first-order valence-corrected chi connectivity index (χ1v) is 12.4. The van der Waals surface area contributed by atoms with Crippen molar-refractivity contribution in [2.45, 2.75) is 43.7 Å². The molecule has 0 radical (unpaired) electrons. The molecule has 5 rings (SSSR count). The molecule has 1 N–H and O–H groups in total. The van der Waals surface area contributed by atoms with Crippen LogP contribution in [0.1, 0.15) is 24.8 Å². The molecule has 2 aliphatic rings. The monoisotopic (exact) mass is 543 g/mol. The molecule has 38 heavy (non-hydrogen) atoms. The average Bonchev–Trinajstić information content (AvgIpc) is 3.39. The summed E-state index contributed by atoms with van der Waals surface area (Å²) in [5.74, 6) is -0.779. The lowest BCUT2D eigenvalue weighted by molar-refractivity contribution is -0.312. The van der Waals surface area contributed by atoms with Crippen LogP contribution in [-0.2, 0) is 19.0 Å². The summed E-state index contributed by atoms with van der Waals surface area (Å²) in [5.41, 5.74) is 1.59. The van der Waals surface area contributed by atoms with E-state index in [4.69, 9.17) is 25.8 Å². The van der Waals surface area contributed by atoms with Crippen LogP contribution in [0.15, 0.2) is 59.7 Å². The van der Waals surface area contributed by atoms with Gasteiger partial charge in [-0.2, -0.15) is 4.99 Å². The Morgan fingerprint density at radius 2 is 1.97 bits per heavy atom. The number of amides is 1. The number of carbonyl (C=O) groups is 1. The molecule has 3 aromatic rings. The maximum absolute atomic E-state index is 14.1. The number of benzene rings is 2. The van der Waals surface area contributed by atoms with E-state index in [1.54, 1.807) is 38.2 Å². The summed E-state index contributed by atoms with van der Waals surface area (Å²) in [7, 11) is 3.51. The Morgan fingerprint density at radius 3 is 2.68 bits per heavy atom. The average molecular weight is 544 g/mol. The quantitative estimate of drug-likeness (QED) is 0.395. The molecule has 3 heterocycles. The fourth-order valence-electron chi connectivity index (χ4n) is 4.44. The van der Waals surface area contributed by atoms with E-state index in [0.29, 0.717) is 17.1 Å². The molecule has 0 bridgehead atoms. The minimum atomic E-state index is -1.38. The van der Waals surface area contributed by atoms with Crippen LogP contribution in [0.4, 0.5) is 4.39 Å². The predicted octanol–water partition coefficient (Wildman–Crippen LogP) is 3.03. The van der Waals surface area contributed by atoms with Gasteiger partial charge < -0.3 is 24.2 Å². The molecular formula is C26H27ClFN5O5. The third kappa shape index (κ3) is 5.20. The van der Waals surface area contributed by atoms with E-state index in [-0.39, 0.29) is 11.6 Å². The second kappa shape index (κ2) is 10.9. The van der Waals surface area contributed by atoms with Crippen molar-refractivity contribution in [1.82, 2.24) is 19.9 Å². The number of fused-ring (bicyclic) bond motifs is 1. The summed E-state index contributed by atoms with van der Waals surface area (Å²) >= 11 is 5.82. The minimum absolute atomic E-state index is 0.0127. The van der Waals surface area contributed by atoms with E-state index < -0.39 is 48.5 Å². The van der Waals surface area contributed by atoms with Crippen molar-refractivity contribution in [3.8, 4) is 11.3 Å². The lowest BCUT2D eigenvalue weighted by Crippen LogP contribution is -2.61. The Labute approximate surface area is 223 Å². The number of amidine groups is 1. The summed E-state index contributed by atoms with van der Waals surface area (Å²) in [5, 5.41) is 19.8. The number of aliphatic hydroxyl groups excluding tert-OH is 1. The van der Waals surface area contributed by atoms with Gasteiger partial charge in [0.25, 0.3) is 5.91 Å². The van der Waals surface area contributed by atoms with Crippen molar-refractivity contribution in [1.29, 1.82) is 0 Å². The SMILES string of the molecule is CC(=NC(=O)[C@@H]1O[C@@H]2COC(c3ccccc3)O[C@@H]2[C@H](n2cc(-c3ccc(Cl)c(F)c3)nn2)[C@H]1O)N(C)C. The highest BCUT2D eigenvalue weighted by Crippen LogP contribution is 2.39. The molecule has 0 saturated carbocycles. The standard InChI is InChI=1S/C26H27ClFN5O5/c1-14(32(2)3)29-25(35)24-22(34)21(33-12-19(30-31-33)16-9-10-17(27)18(28)11-16)23-20(37-24)13-36-26(38-23)15-7-5-4-6-8-15/h4-12,20-24,26,34H,13H2,1-3H3/t20-,21-,22-,23+,24-,26?/m1/s1. The number of rotatable bonds is 4. The van der Waals surface area contributed by atoms with Crippen LogP contribution >= 0.6 is 11.6 Å². The zero-order valence-electron chi connectivity index (χ0n) is 20.9. The van der Waals surface area contributed by atoms with Gasteiger partial charge in [-0.1, -0.05) is 53.2 Å². The van der Waals surface area contributed by atoms with E-state index >= 15 is 0 Å². The van der Waals surface area contributed by atoms with E-state index in [1.165, 1.54) is 16.8 Å². The van der Waals surface area contributed by atoms with Crippen LogP contribution < -0.4 is 0 Å². The van der Waals surface area contributed by atoms with Gasteiger partial charge in [0.15, 0.2) is 12.4 Å². The van der Waals surface area contributed by atoms with Gasteiger partial charge in [0.1, 0.15) is 41.7 Å². The number of aliphatic imine (C=N–C) groups is 1. The van der Waals surface area contributed by atoms with Crippen LogP contribution in [0.5, 0.6) is 0 Å². The van der Waals surface area contributed by atoms with Crippen LogP contribution in [0.2, 0.25) is 5.02 Å². The Bertz CT molecular complexity index is 1340. The number of nitrogens with zero attached hydrogens (tertiary/aromatic N) is 5. The molecule has 2 aliphatic heterocycles. The lowest BCUT2D eigenvalue weighted by Gasteiger charge is -2.47. The molecule has 2 saturated heterocycles.